The Morgan fingerprint density at radius 2 is 1.83 bits per heavy atom. The molecule has 0 radical (unpaired) electrons. The zero-order valence-corrected chi connectivity index (χ0v) is 18.3. The van der Waals surface area contributed by atoms with E-state index in [1.165, 1.54) is 11.9 Å². The van der Waals surface area contributed by atoms with Crippen LogP contribution in [0.1, 0.15) is 6.42 Å². The van der Waals surface area contributed by atoms with Crippen LogP contribution in [0.5, 0.6) is 0 Å². The molecule has 152 valence electrons. The summed E-state index contributed by atoms with van der Waals surface area (Å²) in [6, 6.07) is 17.7. The van der Waals surface area contributed by atoms with Crippen LogP contribution in [0.4, 0.5) is 11.4 Å². The molecule has 1 fully saturated rings. The molecular weight excluding hydrogens is 468 g/mol. The number of likely N-dealkylation sites (N-methyl/N-ethyl adjacent to an activating group) is 1. The molecule has 0 spiro atoms. The molecule has 0 bridgehead atoms. The van der Waals surface area contributed by atoms with Crippen LogP contribution in [-0.4, -0.2) is 30.0 Å². The van der Waals surface area contributed by atoms with Crippen LogP contribution in [0.25, 0.3) is 0 Å². The van der Waals surface area contributed by atoms with Crippen LogP contribution in [0, 0.1) is 11.3 Å². The SMILES string of the molecule is CNC(=O)/C(C#N)=C1/S[C@@H](CC(=O)Nc2ccc(Br)cc2)C(=O)N1c1ccccc1. The molecule has 2 aromatic rings. The average Bonchev–Trinajstić information content (AvgIpc) is 3.06. The number of halogens is 1. The monoisotopic (exact) mass is 484 g/mol. The number of thioether (sulfide) groups is 1. The standard InChI is InChI=1S/C21H17BrN4O3S/c1-24-19(28)16(12-23)21-26(15-5-3-2-4-6-15)20(29)17(30-21)11-18(27)25-14-9-7-13(22)8-10-14/h2-10,17H,11H2,1H3,(H,24,28)(H,25,27)/b21-16+/t17-/m0/s1. The molecule has 1 aliphatic heterocycles. The molecule has 0 saturated carbocycles. The number of nitriles is 1. The van der Waals surface area contributed by atoms with Gasteiger partial charge in [0.25, 0.3) is 5.91 Å². The molecular formula is C21H17BrN4O3S. The number of para-hydroxylation sites is 1. The first-order valence-corrected chi connectivity index (χ1v) is 10.6. The average molecular weight is 485 g/mol. The third-order valence-corrected chi connectivity index (χ3v) is 6.04. The van der Waals surface area contributed by atoms with E-state index in [2.05, 4.69) is 26.6 Å². The van der Waals surface area contributed by atoms with Crippen molar-refractivity contribution in [3.05, 3.63) is 69.7 Å². The van der Waals surface area contributed by atoms with Crippen LogP contribution in [0.3, 0.4) is 0 Å². The molecule has 9 heteroatoms. The number of amides is 3. The van der Waals surface area contributed by atoms with Crippen molar-refractivity contribution in [2.45, 2.75) is 11.7 Å². The van der Waals surface area contributed by atoms with Crippen LogP contribution in [0.2, 0.25) is 0 Å². The molecule has 3 rings (SSSR count). The van der Waals surface area contributed by atoms with E-state index < -0.39 is 11.2 Å². The Morgan fingerprint density at radius 3 is 2.43 bits per heavy atom. The lowest BCUT2D eigenvalue weighted by molar-refractivity contribution is -0.121. The van der Waals surface area contributed by atoms with E-state index >= 15 is 0 Å². The number of hydrogen-bond donors (Lipinski definition) is 2. The largest absolute Gasteiger partial charge is 0.354 e. The predicted molar refractivity (Wildman–Crippen MR) is 119 cm³/mol. The molecule has 2 N–H and O–H groups in total. The number of nitrogens with one attached hydrogen (secondary N) is 2. The van der Waals surface area contributed by atoms with Gasteiger partial charge in [0, 0.05) is 29.3 Å². The van der Waals surface area contributed by atoms with E-state index in [0.717, 1.165) is 16.2 Å². The third-order valence-electron chi connectivity index (χ3n) is 4.25. The maximum Gasteiger partial charge on any atom is 0.264 e. The van der Waals surface area contributed by atoms with Gasteiger partial charge in [-0.2, -0.15) is 5.26 Å². The van der Waals surface area contributed by atoms with Crippen molar-refractivity contribution in [3.8, 4) is 6.07 Å². The van der Waals surface area contributed by atoms with Gasteiger partial charge in [0.2, 0.25) is 11.8 Å². The highest BCUT2D eigenvalue weighted by Crippen LogP contribution is 2.41. The highest BCUT2D eigenvalue weighted by atomic mass is 79.9. The van der Waals surface area contributed by atoms with Gasteiger partial charge in [-0.25, -0.2) is 0 Å². The maximum atomic E-state index is 13.1. The van der Waals surface area contributed by atoms with E-state index in [-0.39, 0.29) is 28.8 Å². The van der Waals surface area contributed by atoms with Gasteiger partial charge in [-0.3, -0.25) is 19.3 Å². The van der Waals surface area contributed by atoms with Crippen LogP contribution in [-0.2, 0) is 14.4 Å². The number of hydrogen-bond acceptors (Lipinski definition) is 5. The summed E-state index contributed by atoms with van der Waals surface area (Å²) in [6.45, 7) is 0. The van der Waals surface area contributed by atoms with Gasteiger partial charge in [0.05, 0.1) is 5.25 Å². The highest BCUT2D eigenvalue weighted by Gasteiger charge is 2.41. The molecule has 30 heavy (non-hydrogen) atoms. The first-order chi connectivity index (χ1) is 14.4. The fourth-order valence-electron chi connectivity index (χ4n) is 2.84. The Morgan fingerprint density at radius 1 is 1.17 bits per heavy atom. The summed E-state index contributed by atoms with van der Waals surface area (Å²) < 4.78 is 0.883. The summed E-state index contributed by atoms with van der Waals surface area (Å²) >= 11 is 4.38. The minimum Gasteiger partial charge on any atom is -0.354 e. The lowest BCUT2D eigenvalue weighted by Crippen LogP contribution is -2.32. The lowest BCUT2D eigenvalue weighted by Gasteiger charge is -2.18. The number of carbonyl (C=O) groups excluding carboxylic acids is 3. The van der Waals surface area contributed by atoms with E-state index in [0.29, 0.717) is 11.4 Å². The van der Waals surface area contributed by atoms with Crippen LogP contribution < -0.4 is 15.5 Å². The Hall–Kier alpha value is -3.09. The third kappa shape index (κ3) is 4.72. The van der Waals surface area contributed by atoms with Crippen molar-refractivity contribution in [3.63, 3.8) is 0 Å². The molecule has 0 aromatic heterocycles. The van der Waals surface area contributed by atoms with Crippen LogP contribution >= 0.6 is 27.7 Å². The molecule has 3 amide bonds. The quantitative estimate of drug-likeness (QED) is 0.499. The molecule has 7 nitrogen and oxygen atoms in total. The van der Waals surface area contributed by atoms with Gasteiger partial charge < -0.3 is 10.6 Å². The summed E-state index contributed by atoms with van der Waals surface area (Å²) in [4.78, 5) is 39.1. The van der Waals surface area contributed by atoms with Crippen molar-refractivity contribution in [1.82, 2.24) is 5.32 Å². The highest BCUT2D eigenvalue weighted by molar-refractivity contribution is 9.10. The first kappa shape index (κ1) is 21.6. The van der Waals surface area contributed by atoms with Crippen molar-refractivity contribution in [2.75, 3.05) is 17.3 Å². The van der Waals surface area contributed by atoms with Crippen molar-refractivity contribution < 1.29 is 14.4 Å². The molecule has 0 aliphatic carbocycles. The smallest absolute Gasteiger partial charge is 0.264 e. The first-order valence-electron chi connectivity index (χ1n) is 8.92. The van der Waals surface area contributed by atoms with Gasteiger partial charge in [-0.05, 0) is 36.4 Å². The summed E-state index contributed by atoms with van der Waals surface area (Å²) in [5.74, 6) is -1.28. The molecule has 1 aliphatic rings. The van der Waals surface area contributed by atoms with Crippen LogP contribution in [0.15, 0.2) is 69.7 Å². The zero-order chi connectivity index (χ0) is 21.7. The number of anilines is 2. The normalized spacial score (nSPS) is 17.3. The fourth-order valence-corrected chi connectivity index (χ4v) is 4.37. The number of rotatable bonds is 5. The summed E-state index contributed by atoms with van der Waals surface area (Å²) in [7, 11) is 1.41. The Bertz CT molecular complexity index is 1050. The zero-order valence-electron chi connectivity index (χ0n) is 15.9. The Labute approximate surface area is 186 Å². The molecule has 1 atom stereocenters. The topological polar surface area (TPSA) is 102 Å². The Balaban J connectivity index is 1.88. The lowest BCUT2D eigenvalue weighted by atomic mass is 10.2. The van der Waals surface area contributed by atoms with Crippen molar-refractivity contribution >= 4 is 56.8 Å². The van der Waals surface area contributed by atoms with Gasteiger partial charge in [-0.1, -0.05) is 45.9 Å². The summed E-state index contributed by atoms with van der Waals surface area (Å²) in [5, 5.41) is 14.2. The number of benzene rings is 2. The Kier molecular flexibility index (Phi) is 6.92. The summed E-state index contributed by atoms with van der Waals surface area (Å²) in [6.07, 6.45) is -0.0984. The predicted octanol–water partition coefficient (Wildman–Crippen LogP) is 3.41. The molecule has 0 unspecified atom stereocenters. The van der Waals surface area contributed by atoms with Crippen molar-refractivity contribution in [2.24, 2.45) is 0 Å². The van der Waals surface area contributed by atoms with Gasteiger partial charge in [0.15, 0.2) is 0 Å². The van der Waals surface area contributed by atoms with Gasteiger partial charge in [0.1, 0.15) is 16.7 Å². The second-order valence-electron chi connectivity index (χ2n) is 6.25. The van der Waals surface area contributed by atoms with E-state index in [1.807, 2.05) is 6.07 Å². The number of nitrogens with zero attached hydrogens (tertiary/aromatic N) is 2. The van der Waals surface area contributed by atoms with Gasteiger partial charge in [-0.15, -0.1) is 0 Å². The molecule has 1 saturated heterocycles. The minimum atomic E-state index is -0.760. The second-order valence-corrected chi connectivity index (χ2v) is 8.35. The molecule has 2 aromatic carbocycles. The molecule has 1 heterocycles. The van der Waals surface area contributed by atoms with E-state index in [9.17, 15) is 19.6 Å². The fraction of sp³-hybridized carbons (Fsp3) is 0.143. The van der Waals surface area contributed by atoms with Crippen molar-refractivity contribution in [1.29, 1.82) is 5.26 Å². The minimum absolute atomic E-state index is 0.0984. The van der Waals surface area contributed by atoms with Gasteiger partial charge >= 0.3 is 0 Å². The maximum absolute atomic E-state index is 13.1. The summed E-state index contributed by atoms with van der Waals surface area (Å²) in [5.41, 5.74) is 0.963. The number of carbonyl (C=O) groups is 3. The second kappa shape index (κ2) is 9.61. The van der Waals surface area contributed by atoms with E-state index in [4.69, 9.17) is 0 Å². The van der Waals surface area contributed by atoms with E-state index in [1.54, 1.807) is 54.6 Å².